The Balaban J connectivity index is 1.00. The Labute approximate surface area is 360 Å². The molecule has 9 aliphatic heterocycles. The van der Waals surface area contributed by atoms with E-state index in [1.165, 1.54) is 0 Å². The van der Waals surface area contributed by atoms with Crippen LogP contribution in [-0.4, -0.2) is 129 Å². The van der Waals surface area contributed by atoms with Gasteiger partial charge in [-0.2, -0.15) is 0 Å². The number of esters is 1. The van der Waals surface area contributed by atoms with Gasteiger partial charge in [-0.3, -0.25) is 9.59 Å². The van der Waals surface area contributed by atoms with Crippen LogP contribution in [0.3, 0.4) is 0 Å². The third kappa shape index (κ3) is 8.14. The summed E-state index contributed by atoms with van der Waals surface area (Å²) in [7, 11) is 0. The van der Waals surface area contributed by atoms with E-state index in [0.717, 1.165) is 37.7 Å². The number of carbonyl (C=O) groups excluding carboxylic acids is 2. The number of fused-ring (bicyclic) bond motifs is 10. The molecule has 0 aliphatic carbocycles. The van der Waals surface area contributed by atoms with Crippen molar-refractivity contribution >= 4 is 11.8 Å². The van der Waals surface area contributed by atoms with Crippen molar-refractivity contribution in [3.8, 4) is 0 Å². The van der Waals surface area contributed by atoms with Crippen LogP contribution < -0.4 is 0 Å². The smallest absolute Gasteiger partial charge is 0.311 e. The predicted molar refractivity (Wildman–Crippen MR) is 218 cm³/mol. The molecular weight excluding hydrogens is 789 g/mol. The van der Waals surface area contributed by atoms with E-state index in [0.29, 0.717) is 44.9 Å². The molecule has 0 saturated carbocycles. The number of hydrogen-bond donors (Lipinski definition) is 3. The van der Waals surface area contributed by atoms with Crippen LogP contribution in [0.1, 0.15) is 138 Å². The van der Waals surface area contributed by atoms with E-state index < -0.39 is 101 Å². The molecule has 0 amide bonds. The summed E-state index contributed by atoms with van der Waals surface area (Å²) in [6, 6.07) is 0. The van der Waals surface area contributed by atoms with Crippen molar-refractivity contribution in [2.24, 2.45) is 17.8 Å². The molecule has 0 aromatic carbocycles. The lowest BCUT2D eigenvalue weighted by Gasteiger charge is -2.47. The van der Waals surface area contributed by atoms with Crippen LogP contribution in [0, 0.1) is 17.8 Å². The van der Waals surface area contributed by atoms with Gasteiger partial charge in [0.05, 0.1) is 42.0 Å². The molecule has 9 aliphatic rings. The molecule has 342 valence electrons. The van der Waals surface area contributed by atoms with Crippen LogP contribution in [0.15, 0.2) is 23.8 Å². The highest BCUT2D eigenvalue weighted by molar-refractivity contribution is 5.86. The molecule has 10 bridgehead atoms. The average Bonchev–Trinajstić information content (AvgIpc) is 4.02. The fourth-order valence-corrected chi connectivity index (χ4v) is 12.5. The van der Waals surface area contributed by atoms with Crippen molar-refractivity contribution < 1.29 is 67.5 Å². The molecule has 0 aromatic rings. The van der Waals surface area contributed by atoms with Crippen molar-refractivity contribution in [2.45, 2.75) is 234 Å². The van der Waals surface area contributed by atoms with Gasteiger partial charge < -0.3 is 58.0 Å². The third-order valence-electron chi connectivity index (χ3n) is 15.9. The molecule has 2 spiro atoms. The molecule has 14 nitrogen and oxygen atoms in total. The highest BCUT2D eigenvalue weighted by Crippen LogP contribution is 2.55. The maximum Gasteiger partial charge on any atom is 0.311 e. The zero-order valence-electron chi connectivity index (χ0n) is 37.2. The normalized spacial score (nSPS) is 55.7. The number of allylic oxidation sites excluding steroid dienone is 3. The summed E-state index contributed by atoms with van der Waals surface area (Å²) in [4.78, 5) is 28.0. The number of rotatable bonds is 1. The summed E-state index contributed by atoms with van der Waals surface area (Å²) in [6.45, 7) is 14.1. The topological polar surface area (TPSA) is 178 Å². The lowest BCUT2D eigenvalue weighted by molar-refractivity contribution is -0.359. The summed E-state index contributed by atoms with van der Waals surface area (Å²) in [5.74, 6) is -5.28. The van der Waals surface area contributed by atoms with Gasteiger partial charge in [-0.15, -0.1) is 0 Å². The first kappa shape index (κ1) is 44.4. The number of hydrogen-bond acceptors (Lipinski definition) is 14. The number of ketones is 1. The number of aliphatic hydroxyl groups is 3. The lowest BCUT2D eigenvalue weighted by atomic mass is 9.87. The fourth-order valence-electron chi connectivity index (χ4n) is 12.5. The maximum absolute atomic E-state index is 14.1. The molecule has 3 N–H and O–H groups in total. The molecule has 0 radical (unpaired) electrons. The van der Waals surface area contributed by atoms with Crippen molar-refractivity contribution in [2.75, 3.05) is 6.61 Å². The second-order valence-electron chi connectivity index (χ2n) is 21.3. The van der Waals surface area contributed by atoms with Gasteiger partial charge in [0, 0.05) is 38.5 Å². The van der Waals surface area contributed by atoms with Crippen molar-refractivity contribution in [1.29, 1.82) is 0 Å². The van der Waals surface area contributed by atoms with Gasteiger partial charge >= 0.3 is 5.97 Å². The molecule has 61 heavy (non-hydrogen) atoms. The number of aliphatic hydroxyl groups excluding tert-OH is 2. The summed E-state index contributed by atoms with van der Waals surface area (Å²) in [5.41, 5.74) is -1.17. The highest BCUT2D eigenvalue weighted by Gasteiger charge is 2.65. The molecule has 19 atom stereocenters. The van der Waals surface area contributed by atoms with Crippen LogP contribution in [-0.2, 0) is 52.2 Å². The molecule has 9 heterocycles. The quantitative estimate of drug-likeness (QED) is 0.291. The Morgan fingerprint density at radius 1 is 0.754 bits per heavy atom. The Kier molecular flexibility index (Phi) is 11.6. The molecule has 8 saturated heterocycles. The first-order valence-corrected chi connectivity index (χ1v) is 23.3. The first-order chi connectivity index (χ1) is 28.7. The average molecular weight is 859 g/mol. The molecular formula is C47H70O14. The van der Waals surface area contributed by atoms with Crippen molar-refractivity contribution in [3.05, 3.63) is 23.8 Å². The number of carbonyl (C=O) groups is 2. The summed E-state index contributed by atoms with van der Waals surface area (Å²) in [6.07, 6.45) is 6.36. The van der Waals surface area contributed by atoms with Gasteiger partial charge in [0.1, 0.15) is 48.3 Å². The second-order valence-corrected chi connectivity index (χ2v) is 21.3. The zero-order valence-corrected chi connectivity index (χ0v) is 37.2. The summed E-state index contributed by atoms with van der Waals surface area (Å²) >= 11 is 0. The van der Waals surface area contributed by atoms with Crippen LogP contribution in [0.25, 0.3) is 0 Å². The lowest BCUT2D eigenvalue weighted by Crippen LogP contribution is -2.59. The zero-order chi connectivity index (χ0) is 43.3. The van der Waals surface area contributed by atoms with E-state index in [2.05, 4.69) is 26.8 Å². The highest BCUT2D eigenvalue weighted by atomic mass is 16.8. The first-order valence-electron chi connectivity index (χ1n) is 23.3. The van der Waals surface area contributed by atoms with Crippen molar-refractivity contribution in [3.63, 3.8) is 0 Å². The number of ether oxygens (including phenoxy) is 9. The van der Waals surface area contributed by atoms with E-state index in [1.54, 1.807) is 13.8 Å². The Bertz CT molecular complexity index is 1750. The SMILES string of the molecule is CC1=C\[C@@H](C)C[C@]2(C)CC[C@H](O2)[C@@]23CC[C@](C)(C[C@H](O2)[C@@H]2O[C@@](C)(CC2=O)[C@H](O)[C@H]2CC[C@]4(CCC[C@@H](O4)[C@H](C)C(=O)O[C@H]4C[C@H]([C@]5(O)OCC[C@H](C)[C@@H]5O)O[C@H]4\C=C\1)O2)O3. The molecule has 8 fully saturated rings. The summed E-state index contributed by atoms with van der Waals surface area (Å²) < 4.78 is 59.0. The Hall–Kier alpha value is -1.82. The van der Waals surface area contributed by atoms with Gasteiger partial charge in [0.2, 0.25) is 5.79 Å². The van der Waals surface area contributed by atoms with E-state index in [1.807, 2.05) is 26.0 Å². The van der Waals surface area contributed by atoms with Crippen LogP contribution in [0.5, 0.6) is 0 Å². The minimum absolute atomic E-state index is 0.0222. The standard InChI is InChI=1S/C47H70O14/c1-26-10-11-32-34(22-37(54-32)47(52)39(49)28(3)14-20-53-47)55-41(51)29(4)31-9-8-15-45(56-31)17-12-33(57-45)40(50)44(7)24-30(48)38(60-44)35-25-43(6)18-19-46(58-35,61-43)36-13-16-42(5,59-36)23-27(2)21-26/h10-11,21,27-29,31-40,49-50,52H,8-9,12-20,22-25H2,1-7H3/b11-10+,26-21+/t27-,28+,29+,31-,32+,33-,34+,35+,36+,37-,38-,39+,40-,42+,43-,44+,45+,46+,47+/m1/s1. The second kappa shape index (κ2) is 16.0. The van der Waals surface area contributed by atoms with Crippen LogP contribution in [0.2, 0.25) is 0 Å². The van der Waals surface area contributed by atoms with Crippen molar-refractivity contribution in [1.82, 2.24) is 0 Å². The van der Waals surface area contributed by atoms with E-state index in [9.17, 15) is 24.9 Å². The summed E-state index contributed by atoms with van der Waals surface area (Å²) in [5, 5.41) is 34.8. The van der Waals surface area contributed by atoms with Crippen LogP contribution >= 0.6 is 0 Å². The predicted octanol–water partition coefficient (Wildman–Crippen LogP) is 5.25. The van der Waals surface area contributed by atoms with Crippen LogP contribution in [0.4, 0.5) is 0 Å². The molecule has 9 rings (SSSR count). The largest absolute Gasteiger partial charge is 0.459 e. The monoisotopic (exact) mass is 858 g/mol. The molecule has 14 heteroatoms. The third-order valence-corrected chi connectivity index (χ3v) is 15.9. The van der Waals surface area contributed by atoms with E-state index >= 15 is 0 Å². The van der Waals surface area contributed by atoms with Gasteiger partial charge in [-0.05, 0) is 97.8 Å². The Morgan fingerprint density at radius 3 is 2.34 bits per heavy atom. The molecule has 0 unspecified atom stereocenters. The van der Waals surface area contributed by atoms with E-state index in [4.69, 9.17) is 42.6 Å². The minimum atomic E-state index is -1.95. The van der Waals surface area contributed by atoms with Gasteiger partial charge in [0.15, 0.2) is 17.4 Å². The van der Waals surface area contributed by atoms with E-state index in [-0.39, 0.29) is 43.2 Å². The Morgan fingerprint density at radius 2 is 1.54 bits per heavy atom. The molecule has 0 aromatic heterocycles. The minimum Gasteiger partial charge on any atom is -0.459 e. The number of Topliss-reactive ketones (excluding diaryl/α,β-unsaturated/α-hetero) is 1. The fraction of sp³-hybridized carbons (Fsp3) is 0.872. The van der Waals surface area contributed by atoms with Gasteiger partial charge in [-0.25, -0.2) is 0 Å². The van der Waals surface area contributed by atoms with Gasteiger partial charge in [0.25, 0.3) is 0 Å². The van der Waals surface area contributed by atoms with Gasteiger partial charge in [-0.1, -0.05) is 37.6 Å². The maximum atomic E-state index is 14.1.